The highest BCUT2D eigenvalue weighted by Crippen LogP contribution is 2.48. The monoisotopic (exact) mass is 1250 g/mol. The molecular formula is C68H130F6O6S3. The normalized spacial score (nSPS) is 32.6. The molecule has 7 saturated carbocycles. The molecule has 7 aliphatic carbocycles. The molecule has 0 amide bonds. The van der Waals surface area contributed by atoms with Crippen molar-refractivity contribution in [2.24, 2.45) is 76.9 Å². The molecule has 6 nitrogen and oxygen atoms in total. The molecule has 1 N–H and O–H groups in total. The Morgan fingerprint density at radius 1 is 0.590 bits per heavy atom. The lowest BCUT2D eigenvalue weighted by atomic mass is 9.68. The summed E-state index contributed by atoms with van der Waals surface area (Å²) in [6.45, 7) is 9.24. The maximum atomic E-state index is 15.1. The van der Waals surface area contributed by atoms with Gasteiger partial charge in [-0.2, -0.15) is 22.0 Å². The largest absolute Gasteiger partial charge is 0.741 e. The average Bonchev–Trinajstić information content (AvgIpc) is 2.56. The van der Waals surface area contributed by atoms with E-state index in [1.54, 1.807) is 25.0 Å². The Labute approximate surface area is 521 Å². The Morgan fingerprint density at radius 3 is 1.39 bits per heavy atom. The fraction of sp³-hybridized carbons (Fsp3) is 0.882. The molecular weight excluding hydrogens is 1120 g/mol. The van der Waals surface area contributed by atoms with Crippen molar-refractivity contribution in [3.63, 3.8) is 0 Å². The van der Waals surface area contributed by atoms with Crippen molar-refractivity contribution in [3.8, 4) is 5.75 Å². The maximum absolute atomic E-state index is 15.1. The molecule has 0 spiro atoms. The first kappa shape index (κ1) is 73.9. The minimum atomic E-state index is -6.09. The van der Waals surface area contributed by atoms with Gasteiger partial charge >= 0.3 is 17.6 Å². The summed E-state index contributed by atoms with van der Waals surface area (Å²) < 4.78 is 96.3. The van der Waals surface area contributed by atoms with Crippen LogP contribution in [0.25, 0.3) is 0 Å². The second-order valence-corrected chi connectivity index (χ2v) is 30.7. The van der Waals surface area contributed by atoms with Crippen LogP contribution in [0.4, 0.5) is 26.7 Å². The van der Waals surface area contributed by atoms with Crippen molar-refractivity contribution in [1.82, 2.24) is 0 Å². The van der Waals surface area contributed by atoms with Crippen LogP contribution in [0.15, 0.2) is 24.3 Å². The molecule has 1 aromatic rings. The molecule has 498 valence electrons. The third kappa shape index (κ3) is 24.4. The van der Waals surface area contributed by atoms with Crippen LogP contribution in [0, 0.1) is 76.9 Å². The number of halogens is 6. The van der Waals surface area contributed by atoms with E-state index in [2.05, 4.69) is 50.8 Å². The number of carboxylic acids is 1. The molecule has 0 aromatic heterocycles. The lowest BCUT2D eigenvalue weighted by Gasteiger charge is -2.39. The van der Waals surface area contributed by atoms with Gasteiger partial charge in [0.2, 0.25) is 4.20 Å². The van der Waals surface area contributed by atoms with E-state index in [1.165, 1.54) is 203 Å². The minimum absolute atomic E-state index is 0. The number of hydrogen-bond acceptors (Lipinski definition) is 6. The van der Waals surface area contributed by atoms with Crippen LogP contribution in [-0.2, 0) is 26.3 Å². The van der Waals surface area contributed by atoms with Crippen LogP contribution in [-0.4, -0.2) is 51.4 Å². The molecule has 7 fully saturated rings. The summed E-state index contributed by atoms with van der Waals surface area (Å²) in [6, 6.07) is 7.63. The van der Waals surface area contributed by atoms with Crippen molar-refractivity contribution in [2.45, 2.75) is 290 Å². The number of rotatable bonds is 17. The summed E-state index contributed by atoms with van der Waals surface area (Å²) in [4.78, 5) is 10.9. The standard InChI is InChI=1S/C33H52F2O.C18H31S2.C15H26O2.CHF3O3S.CH4.FH.8H2/c1-3-5-6-8-26-11-15-27(16-12-26)29-17-21-31(22-18-29)33(34,35)36-32-23-19-30(20-24-32)28-13-9-25(7-4-2)10-14-28;1-2-14-4-6-15(7-5-14)16-8-10-17(11-9-16)18-19-12-3-13-20-18;1-2-11-3-5-12(6-4-11)13-7-9-14(10-8-13)15(16)17;2-1(3,4)8(5,6)7;;;;;;;;;;/h19-20,23-29,31H,3-18,21-22H2,1-2H3;14-17H,2-13H2,1H3;11-14H,2-10H2,1H3,(H,16,17);(H,5,6,7);1H4;9*1H/q;+1;;;;;;;;;;;;/p-1. The van der Waals surface area contributed by atoms with Crippen LogP contribution in [0.2, 0.25) is 0 Å². The van der Waals surface area contributed by atoms with E-state index in [0.717, 1.165) is 84.9 Å². The third-order valence-corrected chi connectivity index (χ3v) is 25.2. The van der Waals surface area contributed by atoms with Gasteiger partial charge in [-0.1, -0.05) is 149 Å². The number of aliphatic carboxylic acids is 1. The fourth-order valence-corrected chi connectivity index (χ4v) is 19.2. The van der Waals surface area contributed by atoms with Gasteiger partial charge < -0.3 is 14.4 Å². The Kier molecular flexibility index (Phi) is 33.3. The SMILES string of the molecule is C.CCC1CCC(C2CCC(C(=O)O)CC2)CC1.CCC1CCC(C2CCC(C3=[S+]CCCS3)CC2)CC1.CCCCCC1CCC(C2CCC(C(F)(F)Oc3ccc(C4CCC(CCC)CC4)cc3)CC2)CC1.F.O=S(=O)([O-])C(F)(F)F.[HH].[HH].[HH].[HH].[HH].[HH].[HH].[HH]. The quantitative estimate of drug-likeness (QED) is 0.0414. The van der Waals surface area contributed by atoms with Gasteiger partial charge in [0.1, 0.15) is 5.75 Å². The first-order valence-electron chi connectivity index (χ1n) is 33.3. The summed E-state index contributed by atoms with van der Waals surface area (Å²) in [5, 5.41) is 9.00. The van der Waals surface area contributed by atoms with Gasteiger partial charge in [0, 0.05) is 29.5 Å². The molecule has 0 bridgehead atoms. The van der Waals surface area contributed by atoms with E-state index in [4.69, 9.17) is 22.8 Å². The summed E-state index contributed by atoms with van der Waals surface area (Å²) in [5.74, 6) is 12.6. The average molecular weight is 1250 g/mol. The van der Waals surface area contributed by atoms with Crippen LogP contribution in [0.1, 0.15) is 296 Å². The highest BCUT2D eigenvalue weighted by atomic mass is 32.2. The predicted molar refractivity (Wildman–Crippen MR) is 353 cm³/mol. The van der Waals surface area contributed by atoms with E-state index in [9.17, 15) is 18.0 Å². The number of ether oxygens (including phenoxy) is 1. The molecule has 0 radical (unpaired) electrons. The molecule has 83 heavy (non-hydrogen) atoms. The van der Waals surface area contributed by atoms with Gasteiger partial charge in [-0.15, -0.1) is 0 Å². The zero-order chi connectivity index (χ0) is 58.4. The molecule has 15 heteroatoms. The molecule has 0 atom stereocenters. The maximum Gasteiger partial charge on any atom is 0.485 e. The predicted octanol–water partition coefficient (Wildman–Crippen LogP) is 23.2. The number of carboxylic acid groups (broad SMARTS) is 1. The third-order valence-electron chi connectivity index (χ3n) is 21.7. The lowest BCUT2D eigenvalue weighted by Crippen LogP contribution is -2.38. The molecule has 0 saturated heterocycles. The van der Waals surface area contributed by atoms with Crippen molar-refractivity contribution < 1.29 is 65.7 Å². The number of benzene rings is 1. The van der Waals surface area contributed by atoms with E-state index in [0.29, 0.717) is 30.4 Å². The number of carbonyl (C=O) groups is 1. The highest BCUT2D eigenvalue weighted by Gasteiger charge is 2.45. The van der Waals surface area contributed by atoms with Crippen LogP contribution in [0.3, 0.4) is 0 Å². The van der Waals surface area contributed by atoms with Crippen LogP contribution >= 0.6 is 11.8 Å². The number of hydrogen-bond donors (Lipinski definition) is 1. The Balaban J connectivity index is -0.000000386. The smallest absolute Gasteiger partial charge is 0.485 e. The number of unbranched alkanes of at least 4 members (excludes halogenated alkanes) is 2. The Morgan fingerprint density at radius 2 is 0.988 bits per heavy atom. The van der Waals surface area contributed by atoms with E-state index in [1.807, 2.05) is 16.3 Å². The van der Waals surface area contributed by atoms with Gasteiger partial charge in [-0.3, -0.25) is 9.50 Å². The van der Waals surface area contributed by atoms with Crippen LogP contribution in [0.5, 0.6) is 5.75 Å². The number of thioether (sulfide) groups is 1. The van der Waals surface area contributed by atoms with Crippen molar-refractivity contribution in [1.29, 1.82) is 0 Å². The molecule has 9 rings (SSSR count). The summed E-state index contributed by atoms with van der Waals surface area (Å²) in [7, 11) is -6.09. The summed E-state index contributed by atoms with van der Waals surface area (Å²) in [6.07, 6.45) is 44.8. The molecule has 1 heterocycles. The first-order valence-corrected chi connectivity index (χ1v) is 36.7. The lowest BCUT2D eigenvalue weighted by molar-refractivity contribution is -0.224. The summed E-state index contributed by atoms with van der Waals surface area (Å²) in [5.41, 5.74) is -4.35. The second-order valence-electron chi connectivity index (χ2n) is 26.8. The molecule has 0 unspecified atom stereocenters. The topological polar surface area (TPSA) is 104 Å². The fourth-order valence-electron chi connectivity index (χ4n) is 16.3. The second kappa shape index (κ2) is 37.4. The van der Waals surface area contributed by atoms with Crippen LogP contribution < -0.4 is 4.74 Å². The zero-order valence-electron chi connectivity index (χ0n) is 51.0. The Hall–Kier alpha value is -1.58. The minimum Gasteiger partial charge on any atom is -0.741 e. The van der Waals surface area contributed by atoms with E-state index < -0.39 is 33.6 Å². The summed E-state index contributed by atoms with van der Waals surface area (Å²) >= 11 is 4.38. The van der Waals surface area contributed by atoms with Crippen molar-refractivity contribution >= 4 is 43.4 Å². The van der Waals surface area contributed by atoms with Crippen molar-refractivity contribution in [2.75, 3.05) is 11.5 Å². The zero-order valence-corrected chi connectivity index (χ0v) is 53.4. The first-order chi connectivity index (χ1) is 38.8. The van der Waals surface area contributed by atoms with E-state index >= 15 is 8.78 Å². The molecule has 1 aliphatic heterocycles. The van der Waals surface area contributed by atoms with E-state index in [-0.39, 0.29) is 29.5 Å². The van der Waals surface area contributed by atoms with Gasteiger partial charge in [0.15, 0.2) is 27.2 Å². The van der Waals surface area contributed by atoms with Gasteiger partial charge in [-0.25, -0.2) is 8.42 Å². The number of alkyl halides is 5. The Bertz CT molecular complexity index is 2070. The highest BCUT2D eigenvalue weighted by molar-refractivity contribution is 8.23. The van der Waals surface area contributed by atoms with Crippen molar-refractivity contribution in [3.05, 3.63) is 29.8 Å². The molecule has 1 aromatic carbocycles. The van der Waals surface area contributed by atoms with Gasteiger partial charge in [0.25, 0.3) is 0 Å². The molecule has 8 aliphatic rings. The van der Waals surface area contributed by atoms with Gasteiger partial charge in [-0.05, 0) is 224 Å². The van der Waals surface area contributed by atoms with Gasteiger partial charge in [0.05, 0.1) is 11.8 Å².